The first kappa shape index (κ1) is 22.7. The van der Waals surface area contributed by atoms with Crippen LogP contribution in [0.5, 0.6) is 0 Å². The molecule has 0 bridgehead atoms. The minimum atomic E-state index is 0.547. The van der Waals surface area contributed by atoms with Crippen LogP contribution >= 0.6 is 0 Å². The molecular weight excluding hydrogens is 364 g/mol. The molecule has 0 saturated carbocycles. The Labute approximate surface area is 185 Å². The number of piperazine rings is 1. The molecule has 2 aromatic carbocycles. The molecular formula is C28H42N2. The van der Waals surface area contributed by atoms with Crippen molar-refractivity contribution in [3.05, 3.63) is 58.7 Å². The van der Waals surface area contributed by atoms with E-state index < -0.39 is 0 Å². The summed E-state index contributed by atoms with van der Waals surface area (Å²) in [5.74, 6) is 2.19. The van der Waals surface area contributed by atoms with Crippen LogP contribution in [-0.4, -0.2) is 26.2 Å². The van der Waals surface area contributed by atoms with Crippen LogP contribution in [0.3, 0.4) is 0 Å². The second kappa shape index (κ2) is 9.45. The summed E-state index contributed by atoms with van der Waals surface area (Å²) in [5.41, 5.74) is 9.01. The summed E-state index contributed by atoms with van der Waals surface area (Å²) in [6.07, 6.45) is 0. The van der Waals surface area contributed by atoms with Gasteiger partial charge in [-0.3, -0.25) is 0 Å². The number of nitrogens with zero attached hydrogens (tertiary/aromatic N) is 2. The lowest BCUT2D eigenvalue weighted by Crippen LogP contribution is -2.48. The van der Waals surface area contributed by atoms with Gasteiger partial charge in [0.25, 0.3) is 0 Å². The van der Waals surface area contributed by atoms with Crippen LogP contribution in [0.4, 0.5) is 11.4 Å². The van der Waals surface area contributed by atoms with E-state index in [1.165, 1.54) is 33.6 Å². The fourth-order valence-corrected chi connectivity index (χ4v) is 4.91. The van der Waals surface area contributed by atoms with Gasteiger partial charge in [0.1, 0.15) is 0 Å². The number of anilines is 2. The van der Waals surface area contributed by atoms with E-state index in [4.69, 9.17) is 0 Å². The highest BCUT2D eigenvalue weighted by molar-refractivity contribution is 5.66. The number of para-hydroxylation sites is 2. The molecule has 1 saturated heterocycles. The van der Waals surface area contributed by atoms with E-state index in [2.05, 4.69) is 102 Å². The summed E-state index contributed by atoms with van der Waals surface area (Å²) in [6.45, 7) is 23.0. The van der Waals surface area contributed by atoms with Gasteiger partial charge in [-0.25, -0.2) is 0 Å². The Morgan fingerprint density at radius 2 is 0.700 bits per heavy atom. The smallest absolute Gasteiger partial charge is 0.0437 e. The van der Waals surface area contributed by atoms with Gasteiger partial charge in [0, 0.05) is 37.6 Å². The average Bonchev–Trinajstić information content (AvgIpc) is 2.72. The molecule has 0 N–H and O–H groups in total. The lowest BCUT2D eigenvalue weighted by molar-refractivity contribution is 0.635. The molecule has 164 valence electrons. The monoisotopic (exact) mass is 406 g/mol. The van der Waals surface area contributed by atoms with Gasteiger partial charge in [-0.05, 0) is 45.9 Å². The Kier molecular flexibility index (Phi) is 7.16. The normalized spacial score (nSPS) is 15.2. The van der Waals surface area contributed by atoms with Gasteiger partial charge in [-0.2, -0.15) is 0 Å². The molecule has 3 rings (SSSR count). The van der Waals surface area contributed by atoms with Crippen molar-refractivity contribution in [1.29, 1.82) is 0 Å². The van der Waals surface area contributed by atoms with E-state index in [9.17, 15) is 0 Å². The highest BCUT2D eigenvalue weighted by Gasteiger charge is 2.26. The number of hydrogen-bond acceptors (Lipinski definition) is 2. The SMILES string of the molecule is CC(C)c1cccc(C(C)C)c1N1CCN(c2c(C(C)C)cccc2C(C)C)CC1. The van der Waals surface area contributed by atoms with Crippen molar-refractivity contribution in [2.45, 2.75) is 79.1 Å². The van der Waals surface area contributed by atoms with Crippen molar-refractivity contribution in [3.63, 3.8) is 0 Å². The molecule has 1 fully saturated rings. The highest BCUT2D eigenvalue weighted by atomic mass is 15.3. The molecule has 30 heavy (non-hydrogen) atoms. The third-order valence-corrected chi connectivity index (χ3v) is 6.60. The second-order valence-electron chi connectivity index (χ2n) is 10.2. The molecule has 2 heteroatoms. The van der Waals surface area contributed by atoms with Crippen LogP contribution in [0.15, 0.2) is 36.4 Å². The van der Waals surface area contributed by atoms with Crippen molar-refractivity contribution < 1.29 is 0 Å². The minimum absolute atomic E-state index is 0.547. The number of hydrogen-bond donors (Lipinski definition) is 0. The summed E-state index contributed by atoms with van der Waals surface area (Å²) in [5, 5.41) is 0. The third-order valence-electron chi connectivity index (χ3n) is 6.60. The van der Waals surface area contributed by atoms with Crippen LogP contribution in [0, 0.1) is 0 Å². The molecule has 1 heterocycles. The lowest BCUT2D eigenvalue weighted by Gasteiger charge is -2.41. The Bertz CT molecular complexity index is 716. The number of rotatable bonds is 6. The summed E-state index contributed by atoms with van der Waals surface area (Å²) in [4.78, 5) is 5.32. The van der Waals surface area contributed by atoms with Crippen molar-refractivity contribution in [3.8, 4) is 0 Å². The zero-order valence-electron chi connectivity index (χ0n) is 20.5. The Morgan fingerprint density at radius 1 is 0.467 bits per heavy atom. The molecule has 2 aromatic rings. The summed E-state index contributed by atoms with van der Waals surface area (Å²) in [6, 6.07) is 13.8. The topological polar surface area (TPSA) is 6.48 Å². The molecule has 0 unspecified atom stereocenters. The van der Waals surface area contributed by atoms with E-state index in [1.54, 1.807) is 0 Å². The first-order valence-electron chi connectivity index (χ1n) is 12.0. The van der Waals surface area contributed by atoms with Gasteiger partial charge >= 0.3 is 0 Å². The van der Waals surface area contributed by atoms with Gasteiger partial charge in [0.2, 0.25) is 0 Å². The molecule has 0 spiro atoms. The summed E-state index contributed by atoms with van der Waals surface area (Å²) in [7, 11) is 0. The van der Waals surface area contributed by atoms with Crippen LogP contribution in [0.25, 0.3) is 0 Å². The van der Waals surface area contributed by atoms with Gasteiger partial charge in [-0.1, -0.05) is 91.8 Å². The fourth-order valence-electron chi connectivity index (χ4n) is 4.91. The van der Waals surface area contributed by atoms with Crippen molar-refractivity contribution in [1.82, 2.24) is 0 Å². The van der Waals surface area contributed by atoms with Crippen molar-refractivity contribution >= 4 is 11.4 Å². The van der Waals surface area contributed by atoms with Crippen LogP contribution in [0.1, 0.15) is 101 Å². The van der Waals surface area contributed by atoms with Crippen LogP contribution in [0.2, 0.25) is 0 Å². The average molecular weight is 407 g/mol. The quantitative estimate of drug-likeness (QED) is 0.490. The molecule has 0 radical (unpaired) electrons. The maximum atomic E-state index is 2.66. The zero-order chi connectivity index (χ0) is 22.0. The third kappa shape index (κ3) is 4.53. The van der Waals surface area contributed by atoms with E-state index in [0.717, 1.165) is 26.2 Å². The van der Waals surface area contributed by atoms with Gasteiger partial charge in [-0.15, -0.1) is 0 Å². The van der Waals surface area contributed by atoms with Crippen molar-refractivity contribution in [2.24, 2.45) is 0 Å². The predicted molar refractivity (Wildman–Crippen MR) is 134 cm³/mol. The van der Waals surface area contributed by atoms with Crippen molar-refractivity contribution in [2.75, 3.05) is 36.0 Å². The Morgan fingerprint density at radius 3 is 0.900 bits per heavy atom. The maximum Gasteiger partial charge on any atom is 0.0437 e. The molecule has 0 aliphatic carbocycles. The van der Waals surface area contributed by atoms with E-state index in [1.807, 2.05) is 0 Å². The Balaban J connectivity index is 1.92. The minimum Gasteiger partial charge on any atom is -0.368 e. The van der Waals surface area contributed by atoms with Crippen LogP contribution < -0.4 is 9.80 Å². The molecule has 0 aromatic heterocycles. The molecule has 1 aliphatic heterocycles. The molecule has 1 aliphatic rings. The molecule has 0 atom stereocenters. The fraction of sp³-hybridized carbons (Fsp3) is 0.571. The van der Waals surface area contributed by atoms with Gasteiger partial charge in [0.05, 0.1) is 0 Å². The Hall–Kier alpha value is -1.96. The first-order valence-corrected chi connectivity index (χ1v) is 12.0. The summed E-state index contributed by atoms with van der Waals surface area (Å²) < 4.78 is 0. The van der Waals surface area contributed by atoms with E-state index in [0.29, 0.717) is 23.7 Å². The predicted octanol–water partition coefficient (Wildman–Crippen LogP) is 7.51. The standard InChI is InChI=1S/C28H42N2/c1-19(2)23-11-9-12-24(20(3)4)27(23)29-15-17-30(18-16-29)28-25(21(5)6)13-10-14-26(28)22(7)8/h9-14,19-22H,15-18H2,1-8H3. The van der Waals surface area contributed by atoms with Crippen LogP contribution in [-0.2, 0) is 0 Å². The zero-order valence-corrected chi connectivity index (χ0v) is 20.5. The number of benzene rings is 2. The molecule has 0 amide bonds. The lowest BCUT2D eigenvalue weighted by atomic mass is 9.90. The maximum absolute atomic E-state index is 2.66. The summed E-state index contributed by atoms with van der Waals surface area (Å²) >= 11 is 0. The van der Waals surface area contributed by atoms with Gasteiger partial charge in [0.15, 0.2) is 0 Å². The highest BCUT2D eigenvalue weighted by Crippen LogP contribution is 2.39. The molecule has 2 nitrogen and oxygen atoms in total. The van der Waals surface area contributed by atoms with E-state index >= 15 is 0 Å². The van der Waals surface area contributed by atoms with E-state index in [-0.39, 0.29) is 0 Å². The second-order valence-corrected chi connectivity index (χ2v) is 10.2. The first-order chi connectivity index (χ1) is 14.2. The van der Waals surface area contributed by atoms with Gasteiger partial charge < -0.3 is 9.80 Å². The largest absolute Gasteiger partial charge is 0.368 e.